The van der Waals surface area contributed by atoms with Gasteiger partial charge in [0, 0.05) is 18.3 Å². The normalized spacial score (nSPS) is 16.1. The largest absolute Gasteiger partial charge is 0.346 e. The van der Waals surface area contributed by atoms with Gasteiger partial charge in [0.15, 0.2) is 0 Å². The summed E-state index contributed by atoms with van der Waals surface area (Å²) in [6, 6.07) is 23.1. The number of rotatable bonds is 6. The Bertz CT molecular complexity index is 978. The standard InChI is InChI=1S/C23H21N3O2S/c27-21-16-29-23(26(21)15-17-6-2-1-3-7-17)19-11-9-18(10-12-19)22(28)25-14-20-8-4-5-13-24-20/h1-13,23H,14-16H2,(H,25,28). The molecular weight excluding hydrogens is 382 g/mol. The lowest BCUT2D eigenvalue weighted by Gasteiger charge is -2.24. The van der Waals surface area contributed by atoms with Crippen LogP contribution in [0.5, 0.6) is 0 Å². The zero-order valence-corrected chi connectivity index (χ0v) is 16.6. The van der Waals surface area contributed by atoms with Gasteiger partial charge in [0.05, 0.1) is 18.0 Å². The van der Waals surface area contributed by atoms with E-state index in [1.54, 1.807) is 18.0 Å². The van der Waals surface area contributed by atoms with E-state index in [9.17, 15) is 9.59 Å². The van der Waals surface area contributed by atoms with Crippen LogP contribution in [0.2, 0.25) is 0 Å². The zero-order chi connectivity index (χ0) is 20.1. The van der Waals surface area contributed by atoms with E-state index in [-0.39, 0.29) is 17.2 Å². The maximum atomic E-state index is 12.4. The lowest BCUT2D eigenvalue weighted by atomic mass is 10.1. The van der Waals surface area contributed by atoms with Crippen molar-refractivity contribution >= 4 is 23.6 Å². The van der Waals surface area contributed by atoms with Gasteiger partial charge in [-0.25, -0.2) is 0 Å². The predicted octanol–water partition coefficient (Wildman–Crippen LogP) is 3.79. The van der Waals surface area contributed by atoms with Crippen molar-refractivity contribution in [2.75, 3.05) is 5.75 Å². The maximum absolute atomic E-state index is 12.4. The van der Waals surface area contributed by atoms with E-state index in [4.69, 9.17) is 0 Å². The van der Waals surface area contributed by atoms with Crippen molar-refractivity contribution in [2.24, 2.45) is 0 Å². The minimum absolute atomic E-state index is 0.0339. The number of benzene rings is 2. The number of carbonyl (C=O) groups excluding carboxylic acids is 2. The van der Waals surface area contributed by atoms with E-state index in [2.05, 4.69) is 10.3 Å². The van der Waals surface area contributed by atoms with Gasteiger partial charge in [0.2, 0.25) is 5.91 Å². The second kappa shape index (κ2) is 8.92. The number of hydrogen-bond donors (Lipinski definition) is 1. The molecule has 0 bridgehead atoms. The fourth-order valence-corrected chi connectivity index (χ4v) is 4.44. The molecule has 1 aliphatic rings. The molecule has 1 atom stereocenters. The highest BCUT2D eigenvalue weighted by molar-refractivity contribution is 8.00. The fourth-order valence-electron chi connectivity index (χ4n) is 3.26. The Morgan fingerprint density at radius 3 is 2.52 bits per heavy atom. The van der Waals surface area contributed by atoms with Crippen molar-refractivity contribution in [1.82, 2.24) is 15.2 Å². The van der Waals surface area contributed by atoms with Crippen LogP contribution in [-0.2, 0) is 17.9 Å². The van der Waals surface area contributed by atoms with Crippen LogP contribution in [0.1, 0.15) is 32.6 Å². The first-order valence-corrected chi connectivity index (χ1v) is 10.5. The Morgan fingerprint density at radius 1 is 1.03 bits per heavy atom. The smallest absolute Gasteiger partial charge is 0.251 e. The maximum Gasteiger partial charge on any atom is 0.251 e. The molecule has 2 aromatic carbocycles. The van der Waals surface area contributed by atoms with Crippen LogP contribution >= 0.6 is 11.8 Å². The van der Waals surface area contributed by atoms with Crippen LogP contribution in [0.3, 0.4) is 0 Å². The molecule has 4 rings (SSSR count). The molecule has 6 heteroatoms. The van der Waals surface area contributed by atoms with Crippen LogP contribution in [0.25, 0.3) is 0 Å². The van der Waals surface area contributed by atoms with Crippen LogP contribution in [0, 0.1) is 0 Å². The van der Waals surface area contributed by atoms with Gasteiger partial charge in [0.25, 0.3) is 5.91 Å². The highest BCUT2D eigenvalue weighted by Crippen LogP contribution is 2.39. The van der Waals surface area contributed by atoms with Crippen LogP contribution < -0.4 is 5.32 Å². The second-order valence-corrected chi connectivity index (χ2v) is 7.86. The summed E-state index contributed by atoms with van der Waals surface area (Å²) in [4.78, 5) is 30.9. The number of amides is 2. The highest BCUT2D eigenvalue weighted by atomic mass is 32.2. The molecule has 1 aliphatic heterocycles. The summed E-state index contributed by atoms with van der Waals surface area (Å²) >= 11 is 1.62. The number of aromatic nitrogens is 1. The first kappa shape index (κ1) is 19.2. The average molecular weight is 404 g/mol. The summed E-state index contributed by atoms with van der Waals surface area (Å²) in [6.07, 6.45) is 1.71. The summed E-state index contributed by atoms with van der Waals surface area (Å²) < 4.78 is 0. The van der Waals surface area contributed by atoms with Gasteiger partial charge in [-0.3, -0.25) is 14.6 Å². The molecule has 1 unspecified atom stereocenters. The SMILES string of the molecule is O=C(NCc1ccccn1)c1ccc(C2SCC(=O)N2Cc2ccccc2)cc1. The van der Waals surface area contributed by atoms with Crippen molar-refractivity contribution in [3.05, 3.63) is 101 Å². The molecule has 2 heterocycles. The van der Waals surface area contributed by atoms with Crippen LogP contribution in [0.4, 0.5) is 0 Å². The van der Waals surface area contributed by atoms with Gasteiger partial charge in [-0.15, -0.1) is 11.8 Å². The second-order valence-electron chi connectivity index (χ2n) is 6.80. The minimum atomic E-state index is -0.140. The van der Waals surface area contributed by atoms with Gasteiger partial charge in [0.1, 0.15) is 5.37 Å². The Balaban J connectivity index is 1.42. The van der Waals surface area contributed by atoms with Crippen LogP contribution in [-0.4, -0.2) is 27.5 Å². The summed E-state index contributed by atoms with van der Waals surface area (Å²) in [5, 5.41) is 2.85. The van der Waals surface area contributed by atoms with Gasteiger partial charge in [-0.05, 0) is 35.4 Å². The van der Waals surface area contributed by atoms with E-state index < -0.39 is 0 Å². The Morgan fingerprint density at radius 2 is 1.79 bits per heavy atom. The third-order valence-corrected chi connectivity index (χ3v) is 6.03. The van der Waals surface area contributed by atoms with E-state index in [0.717, 1.165) is 16.8 Å². The summed E-state index contributed by atoms with van der Waals surface area (Å²) in [5.41, 5.74) is 3.54. The van der Waals surface area contributed by atoms with Crippen molar-refractivity contribution in [3.63, 3.8) is 0 Å². The predicted molar refractivity (Wildman–Crippen MR) is 114 cm³/mol. The average Bonchev–Trinajstić information content (AvgIpc) is 3.14. The number of hydrogen-bond acceptors (Lipinski definition) is 4. The topological polar surface area (TPSA) is 62.3 Å². The van der Waals surface area contributed by atoms with E-state index in [1.165, 1.54) is 0 Å². The molecule has 1 aromatic heterocycles. The summed E-state index contributed by atoms with van der Waals surface area (Å²) in [5.74, 6) is 0.476. The Labute approximate surface area is 174 Å². The molecule has 0 aliphatic carbocycles. The molecule has 2 amide bonds. The van der Waals surface area contributed by atoms with E-state index in [1.807, 2.05) is 77.7 Å². The molecule has 0 spiro atoms. The number of carbonyl (C=O) groups is 2. The highest BCUT2D eigenvalue weighted by Gasteiger charge is 2.32. The van der Waals surface area contributed by atoms with E-state index >= 15 is 0 Å². The number of nitrogens with zero attached hydrogens (tertiary/aromatic N) is 2. The fraction of sp³-hybridized carbons (Fsp3) is 0.174. The Kier molecular flexibility index (Phi) is 5.91. The van der Waals surface area contributed by atoms with Crippen molar-refractivity contribution < 1.29 is 9.59 Å². The number of thioether (sulfide) groups is 1. The minimum Gasteiger partial charge on any atom is -0.346 e. The van der Waals surface area contributed by atoms with E-state index in [0.29, 0.717) is 24.4 Å². The van der Waals surface area contributed by atoms with Gasteiger partial charge < -0.3 is 10.2 Å². The molecule has 0 saturated carbocycles. The van der Waals surface area contributed by atoms with Gasteiger partial charge in [-0.1, -0.05) is 48.5 Å². The Hall–Kier alpha value is -3.12. The summed E-state index contributed by atoms with van der Waals surface area (Å²) in [6.45, 7) is 0.975. The lowest BCUT2D eigenvalue weighted by Crippen LogP contribution is -2.27. The monoisotopic (exact) mass is 403 g/mol. The third kappa shape index (κ3) is 4.66. The lowest BCUT2D eigenvalue weighted by molar-refractivity contribution is -0.128. The molecule has 1 N–H and O–H groups in total. The first-order chi connectivity index (χ1) is 14.2. The molecular formula is C23H21N3O2S. The number of pyridine rings is 1. The van der Waals surface area contributed by atoms with Crippen molar-refractivity contribution in [3.8, 4) is 0 Å². The quantitative estimate of drug-likeness (QED) is 0.680. The zero-order valence-electron chi connectivity index (χ0n) is 15.8. The van der Waals surface area contributed by atoms with Gasteiger partial charge >= 0.3 is 0 Å². The molecule has 1 saturated heterocycles. The summed E-state index contributed by atoms with van der Waals surface area (Å²) in [7, 11) is 0. The molecule has 5 nitrogen and oxygen atoms in total. The first-order valence-electron chi connectivity index (χ1n) is 9.44. The van der Waals surface area contributed by atoms with Crippen molar-refractivity contribution in [1.29, 1.82) is 0 Å². The molecule has 1 fully saturated rings. The molecule has 146 valence electrons. The van der Waals surface area contributed by atoms with Crippen LogP contribution in [0.15, 0.2) is 79.0 Å². The van der Waals surface area contributed by atoms with Crippen molar-refractivity contribution in [2.45, 2.75) is 18.5 Å². The molecule has 29 heavy (non-hydrogen) atoms. The third-order valence-electron chi connectivity index (χ3n) is 4.78. The number of nitrogens with one attached hydrogen (secondary N) is 1. The molecule has 0 radical (unpaired) electrons. The van der Waals surface area contributed by atoms with Gasteiger partial charge in [-0.2, -0.15) is 0 Å². The molecule has 3 aromatic rings.